The molecule has 3 aromatic carbocycles. The molecular weight excluding hydrogens is 394 g/mol. The lowest BCUT2D eigenvalue weighted by Gasteiger charge is -2.18. The van der Waals surface area contributed by atoms with Crippen LogP contribution in [0.25, 0.3) is 10.8 Å². The van der Waals surface area contributed by atoms with Crippen LogP contribution in [-0.2, 0) is 14.3 Å². The molecule has 0 radical (unpaired) electrons. The van der Waals surface area contributed by atoms with Gasteiger partial charge >= 0.3 is 5.97 Å². The molecule has 0 spiro atoms. The van der Waals surface area contributed by atoms with Crippen LogP contribution < -0.4 is 10.1 Å². The van der Waals surface area contributed by atoms with Crippen LogP contribution in [0.15, 0.2) is 60.7 Å². The third-order valence-electron chi connectivity index (χ3n) is 5.15. The van der Waals surface area contributed by atoms with Gasteiger partial charge in [-0.3, -0.25) is 14.4 Å². The molecule has 0 fully saturated rings. The van der Waals surface area contributed by atoms with Crippen LogP contribution in [0, 0.1) is 0 Å². The first kappa shape index (κ1) is 22.0. The van der Waals surface area contributed by atoms with Gasteiger partial charge in [0.05, 0.1) is 18.7 Å². The largest absolute Gasteiger partial charge is 0.497 e. The molecule has 0 unspecified atom stereocenters. The van der Waals surface area contributed by atoms with E-state index >= 15 is 0 Å². The topological polar surface area (TPSA) is 81.7 Å². The number of ether oxygens (including phenoxy) is 2. The summed E-state index contributed by atoms with van der Waals surface area (Å²) in [6.45, 7) is 4.67. The van der Waals surface area contributed by atoms with Crippen molar-refractivity contribution in [3.63, 3.8) is 0 Å². The number of rotatable bonds is 7. The van der Waals surface area contributed by atoms with Gasteiger partial charge in [0, 0.05) is 5.56 Å². The van der Waals surface area contributed by atoms with Gasteiger partial charge in [0.25, 0.3) is 5.91 Å². The number of hydrogen-bond acceptors (Lipinski definition) is 5. The van der Waals surface area contributed by atoms with E-state index in [1.807, 2.05) is 36.4 Å². The van der Waals surface area contributed by atoms with Crippen molar-refractivity contribution < 1.29 is 23.9 Å². The van der Waals surface area contributed by atoms with Gasteiger partial charge in [0.15, 0.2) is 11.9 Å². The number of benzene rings is 3. The molecule has 0 saturated heterocycles. The number of amides is 1. The van der Waals surface area contributed by atoms with E-state index in [-0.39, 0.29) is 5.78 Å². The Hall–Kier alpha value is -3.67. The molecular formula is C25H25NO5. The van der Waals surface area contributed by atoms with Crippen LogP contribution in [0.2, 0.25) is 0 Å². The quantitative estimate of drug-likeness (QED) is 0.442. The number of fused-ring (bicyclic) bond motifs is 1. The van der Waals surface area contributed by atoms with Crippen molar-refractivity contribution in [1.29, 1.82) is 0 Å². The van der Waals surface area contributed by atoms with Crippen LogP contribution in [0.4, 0.5) is 5.69 Å². The van der Waals surface area contributed by atoms with E-state index in [0.29, 0.717) is 11.3 Å². The van der Waals surface area contributed by atoms with Crippen LogP contribution in [0.3, 0.4) is 0 Å². The van der Waals surface area contributed by atoms with Gasteiger partial charge in [0.1, 0.15) is 5.75 Å². The normalized spacial score (nSPS) is 12.6. The lowest BCUT2D eigenvalue weighted by atomic mass is 9.98. The second-order valence-electron chi connectivity index (χ2n) is 7.36. The van der Waals surface area contributed by atoms with Crippen molar-refractivity contribution >= 4 is 34.1 Å². The minimum atomic E-state index is -1.01. The third kappa shape index (κ3) is 5.09. The van der Waals surface area contributed by atoms with Crippen molar-refractivity contribution in [1.82, 2.24) is 0 Å². The van der Waals surface area contributed by atoms with Crippen molar-refractivity contribution in [3.05, 3.63) is 71.8 Å². The van der Waals surface area contributed by atoms with Gasteiger partial charge in [-0.2, -0.15) is 0 Å². The van der Waals surface area contributed by atoms with Gasteiger partial charge in [-0.15, -0.1) is 0 Å². The molecule has 1 amide bonds. The predicted molar refractivity (Wildman–Crippen MR) is 120 cm³/mol. The summed E-state index contributed by atoms with van der Waals surface area (Å²) in [5.74, 6) is -0.955. The van der Waals surface area contributed by atoms with Crippen LogP contribution in [-0.4, -0.2) is 30.9 Å². The molecule has 2 atom stereocenters. The first-order chi connectivity index (χ1) is 14.8. The predicted octanol–water partition coefficient (Wildman–Crippen LogP) is 4.72. The lowest BCUT2D eigenvalue weighted by Crippen LogP contribution is -2.31. The maximum Gasteiger partial charge on any atom is 0.313 e. The lowest BCUT2D eigenvalue weighted by molar-refractivity contribution is -0.154. The van der Waals surface area contributed by atoms with Gasteiger partial charge in [-0.25, -0.2) is 0 Å². The van der Waals surface area contributed by atoms with E-state index in [9.17, 15) is 14.4 Å². The SMILES string of the molecule is COc1ccc2cc([C@H](C)C(=O)O[C@@H](C)C(=O)Nc3ccccc3C(C)=O)ccc2c1. The van der Waals surface area contributed by atoms with Gasteiger partial charge in [0.2, 0.25) is 0 Å². The Balaban J connectivity index is 1.68. The molecule has 6 heteroatoms. The minimum Gasteiger partial charge on any atom is -0.497 e. The fraction of sp³-hybridized carbons (Fsp3) is 0.240. The number of esters is 1. The van der Waals surface area contributed by atoms with Crippen molar-refractivity contribution in [3.8, 4) is 5.75 Å². The average molecular weight is 419 g/mol. The van der Waals surface area contributed by atoms with E-state index in [4.69, 9.17) is 9.47 Å². The summed E-state index contributed by atoms with van der Waals surface area (Å²) < 4.78 is 10.6. The number of anilines is 1. The van der Waals surface area contributed by atoms with Crippen LogP contribution >= 0.6 is 0 Å². The first-order valence-electron chi connectivity index (χ1n) is 9.99. The number of para-hydroxylation sites is 1. The highest BCUT2D eigenvalue weighted by molar-refractivity contribution is 6.04. The first-order valence-corrected chi connectivity index (χ1v) is 9.99. The van der Waals surface area contributed by atoms with Crippen molar-refractivity contribution in [2.75, 3.05) is 12.4 Å². The Labute approximate surface area is 181 Å². The minimum absolute atomic E-state index is 0.164. The number of ketones is 1. The van der Waals surface area contributed by atoms with E-state index in [2.05, 4.69) is 5.32 Å². The summed E-state index contributed by atoms with van der Waals surface area (Å²) in [6.07, 6.45) is -1.01. The van der Waals surface area contributed by atoms with Gasteiger partial charge < -0.3 is 14.8 Å². The number of nitrogens with one attached hydrogen (secondary N) is 1. The van der Waals surface area contributed by atoms with Crippen molar-refractivity contribution in [2.24, 2.45) is 0 Å². The molecule has 1 N–H and O–H groups in total. The molecule has 0 heterocycles. The number of carbonyl (C=O) groups is 3. The molecule has 31 heavy (non-hydrogen) atoms. The third-order valence-corrected chi connectivity index (χ3v) is 5.15. The molecule has 0 aromatic heterocycles. The number of methoxy groups -OCH3 is 1. The van der Waals surface area contributed by atoms with Crippen molar-refractivity contribution in [2.45, 2.75) is 32.8 Å². The zero-order valence-corrected chi connectivity index (χ0v) is 18.0. The molecule has 0 aliphatic rings. The number of hydrogen-bond donors (Lipinski definition) is 1. The Morgan fingerprint density at radius 3 is 2.29 bits per heavy atom. The average Bonchev–Trinajstić information content (AvgIpc) is 2.77. The molecule has 0 aliphatic carbocycles. The zero-order valence-electron chi connectivity index (χ0n) is 18.0. The monoisotopic (exact) mass is 419 g/mol. The molecule has 160 valence electrons. The summed E-state index contributed by atoms with van der Waals surface area (Å²) in [5, 5.41) is 4.64. The Bertz CT molecular complexity index is 1140. The van der Waals surface area contributed by atoms with Crippen LogP contribution in [0.5, 0.6) is 5.75 Å². The maximum atomic E-state index is 12.6. The highest BCUT2D eigenvalue weighted by Gasteiger charge is 2.24. The standard InChI is InChI=1S/C25H25NO5/c1-15(18-9-10-20-14-21(30-4)12-11-19(20)13-18)25(29)31-17(3)24(28)26-23-8-6-5-7-22(23)16(2)27/h5-15,17H,1-4H3,(H,26,28)/t15-,17-/m0/s1. The summed E-state index contributed by atoms with van der Waals surface area (Å²) in [6, 6.07) is 18.1. The van der Waals surface area contributed by atoms with E-state index in [1.54, 1.807) is 38.3 Å². The Morgan fingerprint density at radius 1 is 0.903 bits per heavy atom. The van der Waals surface area contributed by atoms with E-state index in [1.165, 1.54) is 13.8 Å². The summed E-state index contributed by atoms with van der Waals surface area (Å²) in [5.41, 5.74) is 1.58. The highest BCUT2D eigenvalue weighted by atomic mass is 16.5. The van der Waals surface area contributed by atoms with Gasteiger partial charge in [-0.05, 0) is 61.4 Å². The second-order valence-corrected chi connectivity index (χ2v) is 7.36. The summed E-state index contributed by atoms with van der Waals surface area (Å²) in [7, 11) is 1.61. The molecule has 0 bridgehead atoms. The van der Waals surface area contributed by atoms with E-state index < -0.39 is 23.9 Å². The Morgan fingerprint density at radius 2 is 1.58 bits per heavy atom. The smallest absolute Gasteiger partial charge is 0.313 e. The fourth-order valence-corrected chi connectivity index (χ4v) is 3.24. The summed E-state index contributed by atoms with van der Waals surface area (Å²) in [4.78, 5) is 36.9. The summed E-state index contributed by atoms with van der Waals surface area (Å²) >= 11 is 0. The molecule has 6 nitrogen and oxygen atoms in total. The number of carbonyl (C=O) groups excluding carboxylic acids is 3. The highest BCUT2D eigenvalue weighted by Crippen LogP contribution is 2.26. The zero-order chi connectivity index (χ0) is 22.5. The number of Topliss-reactive ketones (excluding diaryl/α,β-unsaturated/α-hetero) is 1. The van der Waals surface area contributed by atoms with Crippen LogP contribution in [0.1, 0.15) is 42.6 Å². The molecule has 3 aromatic rings. The van der Waals surface area contributed by atoms with E-state index in [0.717, 1.165) is 22.1 Å². The molecule has 0 saturated carbocycles. The van der Waals surface area contributed by atoms with Gasteiger partial charge in [-0.1, -0.05) is 36.4 Å². The second kappa shape index (κ2) is 9.43. The fourth-order valence-electron chi connectivity index (χ4n) is 3.24. The molecule has 0 aliphatic heterocycles. The Kier molecular flexibility index (Phi) is 6.70. The molecule has 3 rings (SSSR count). The maximum absolute atomic E-state index is 12.6.